The van der Waals surface area contributed by atoms with Crippen LogP contribution in [0.4, 0.5) is 0 Å². The smallest absolute Gasteiger partial charge is 0.187 e. The standard InChI is InChI=1S/C40H54O4/c1-27(17-13-19-29(3)21-23-33-31(5)37(43)35(41)25-39(33,7)8)15-11-12-16-28(2)18-14-20-30(4)22-24-34-32(6)38(44)36(42)26-40(34,9)10/h11-15,17-24,28,35-36,41-42H,16,25-26H2,1-10H3/b12-11+,17-13+,18-14+,23-21+,24-22+,27-15+,29-19+,30-20+/t28-,35?,36?/m0/s1. The number of carbonyl (C=O) groups excluding carboxylic acids is 2. The van der Waals surface area contributed by atoms with Gasteiger partial charge in [0.05, 0.1) is 0 Å². The maximum Gasteiger partial charge on any atom is 0.187 e. The summed E-state index contributed by atoms with van der Waals surface area (Å²) in [6.07, 6.45) is 27.0. The molecule has 238 valence electrons. The Balaban J connectivity index is 1.89. The molecule has 3 atom stereocenters. The van der Waals surface area contributed by atoms with Crippen LogP contribution in [0, 0.1) is 16.7 Å². The monoisotopic (exact) mass is 598 g/mol. The van der Waals surface area contributed by atoms with Crippen molar-refractivity contribution in [3.05, 3.63) is 118 Å². The molecule has 2 aliphatic carbocycles. The van der Waals surface area contributed by atoms with Crippen molar-refractivity contribution in [2.24, 2.45) is 16.7 Å². The fourth-order valence-electron chi connectivity index (χ4n) is 5.79. The first kappa shape index (κ1) is 36.8. The van der Waals surface area contributed by atoms with E-state index in [-0.39, 0.29) is 22.4 Å². The summed E-state index contributed by atoms with van der Waals surface area (Å²) in [4.78, 5) is 24.5. The minimum atomic E-state index is -0.903. The topological polar surface area (TPSA) is 74.6 Å². The second-order valence-corrected chi connectivity index (χ2v) is 13.8. The predicted molar refractivity (Wildman–Crippen MR) is 185 cm³/mol. The van der Waals surface area contributed by atoms with Crippen molar-refractivity contribution >= 4 is 11.6 Å². The zero-order valence-electron chi connectivity index (χ0n) is 28.6. The first-order valence-electron chi connectivity index (χ1n) is 15.7. The summed E-state index contributed by atoms with van der Waals surface area (Å²) in [5.41, 5.74) is 6.15. The van der Waals surface area contributed by atoms with E-state index in [9.17, 15) is 19.8 Å². The number of carbonyl (C=O) groups is 2. The van der Waals surface area contributed by atoms with Gasteiger partial charge in [0.1, 0.15) is 12.2 Å². The Morgan fingerprint density at radius 2 is 1.14 bits per heavy atom. The first-order valence-corrected chi connectivity index (χ1v) is 15.7. The van der Waals surface area contributed by atoms with Crippen molar-refractivity contribution in [1.29, 1.82) is 0 Å². The molecule has 2 N–H and O–H groups in total. The molecule has 0 saturated carbocycles. The second-order valence-electron chi connectivity index (χ2n) is 13.8. The summed E-state index contributed by atoms with van der Waals surface area (Å²) in [5.74, 6) is 0.0588. The molecule has 0 bridgehead atoms. The normalized spacial score (nSPS) is 24.9. The Kier molecular flexibility index (Phi) is 13.5. The Morgan fingerprint density at radius 3 is 1.61 bits per heavy atom. The number of aliphatic hydroxyl groups is 2. The Bertz CT molecular complexity index is 1390. The van der Waals surface area contributed by atoms with Crippen molar-refractivity contribution in [3.63, 3.8) is 0 Å². The molecule has 44 heavy (non-hydrogen) atoms. The number of ketones is 2. The van der Waals surface area contributed by atoms with E-state index in [1.165, 1.54) is 0 Å². The van der Waals surface area contributed by atoms with Crippen LogP contribution in [0.25, 0.3) is 0 Å². The minimum Gasteiger partial charge on any atom is -0.385 e. The van der Waals surface area contributed by atoms with E-state index in [1.807, 2.05) is 51.2 Å². The maximum atomic E-state index is 12.2. The molecule has 0 fully saturated rings. The molecule has 0 radical (unpaired) electrons. The molecule has 0 aromatic heterocycles. The number of aliphatic hydroxyl groups excluding tert-OH is 2. The number of rotatable bonds is 11. The van der Waals surface area contributed by atoms with Gasteiger partial charge >= 0.3 is 0 Å². The molecule has 2 rings (SSSR count). The average molecular weight is 599 g/mol. The lowest BCUT2D eigenvalue weighted by Crippen LogP contribution is -2.35. The first-order chi connectivity index (χ1) is 20.5. The largest absolute Gasteiger partial charge is 0.385 e. The highest BCUT2D eigenvalue weighted by Crippen LogP contribution is 2.40. The molecule has 0 aromatic rings. The van der Waals surface area contributed by atoms with Crippen LogP contribution in [0.2, 0.25) is 0 Å². The van der Waals surface area contributed by atoms with Crippen LogP contribution in [0.5, 0.6) is 0 Å². The third kappa shape index (κ3) is 10.7. The van der Waals surface area contributed by atoms with Gasteiger partial charge < -0.3 is 10.2 Å². The molecule has 2 aliphatic rings. The zero-order valence-corrected chi connectivity index (χ0v) is 28.6. The summed E-state index contributed by atoms with van der Waals surface area (Å²) >= 11 is 0. The summed E-state index contributed by atoms with van der Waals surface area (Å²) in [6.45, 7) is 20.2. The maximum absolute atomic E-state index is 12.2. The van der Waals surface area contributed by atoms with Crippen molar-refractivity contribution in [2.45, 2.75) is 101 Å². The summed E-state index contributed by atoms with van der Waals surface area (Å²) in [7, 11) is 0. The quantitative estimate of drug-likeness (QED) is 0.233. The fourth-order valence-corrected chi connectivity index (χ4v) is 5.79. The summed E-state index contributed by atoms with van der Waals surface area (Å²) < 4.78 is 0. The molecule has 0 heterocycles. The van der Waals surface area contributed by atoms with Crippen LogP contribution >= 0.6 is 0 Å². The van der Waals surface area contributed by atoms with Gasteiger partial charge in [-0.1, -0.05) is 130 Å². The molecule has 0 spiro atoms. The summed E-state index contributed by atoms with van der Waals surface area (Å²) in [6, 6.07) is 0. The van der Waals surface area contributed by atoms with E-state index >= 15 is 0 Å². The number of allylic oxidation sites excluding steroid dienone is 18. The SMILES string of the molecule is CC1=C(/C=C/C(C)=C/C=C/C(C)=C/C=C/C[C@H](C)/C=C/C=C(C)/C=C/C2=C(C)C(=O)C(O)CC2(C)C)C(C)(C)CC(O)C1=O. The van der Waals surface area contributed by atoms with Gasteiger partial charge in [-0.3, -0.25) is 9.59 Å². The van der Waals surface area contributed by atoms with E-state index in [0.29, 0.717) is 29.9 Å². The molecular weight excluding hydrogens is 544 g/mol. The van der Waals surface area contributed by atoms with Gasteiger partial charge in [0.15, 0.2) is 11.6 Å². The molecule has 4 nitrogen and oxygen atoms in total. The van der Waals surface area contributed by atoms with Crippen LogP contribution in [0.3, 0.4) is 0 Å². The number of hydrogen-bond acceptors (Lipinski definition) is 4. The van der Waals surface area contributed by atoms with Gasteiger partial charge in [-0.05, 0) is 92.9 Å². The molecule has 2 unspecified atom stereocenters. The van der Waals surface area contributed by atoms with Crippen LogP contribution in [0.1, 0.15) is 88.5 Å². The van der Waals surface area contributed by atoms with Crippen molar-refractivity contribution in [1.82, 2.24) is 0 Å². The molecule has 0 aliphatic heterocycles. The Morgan fingerprint density at radius 1 is 0.727 bits per heavy atom. The van der Waals surface area contributed by atoms with Crippen LogP contribution < -0.4 is 0 Å². The highest BCUT2D eigenvalue weighted by Gasteiger charge is 2.37. The van der Waals surface area contributed by atoms with Crippen molar-refractivity contribution in [2.75, 3.05) is 0 Å². The Hall–Kier alpha value is -3.34. The molecular formula is C40H54O4. The fraction of sp³-hybridized carbons (Fsp3) is 0.450. The number of hydrogen-bond donors (Lipinski definition) is 2. The van der Waals surface area contributed by atoms with Crippen LogP contribution in [0.15, 0.2) is 118 Å². The number of Topliss-reactive ketones (excluding diaryl/α,β-unsaturated/α-hetero) is 2. The lowest BCUT2D eigenvalue weighted by atomic mass is 9.71. The zero-order chi connectivity index (χ0) is 33.2. The lowest BCUT2D eigenvalue weighted by molar-refractivity contribution is -0.126. The van der Waals surface area contributed by atoms with Gasteiger partial charge in [-0.2, -0.15) is 0 Å². The molecule has 0 aromatic carbocycles. The summed E-state index contributed by atoms with van der Waals surface area (Å²) in [5, 5.41) is 20.1. The van der Waals surface area contributed by atoms with Gasteiger partial charge in [0.2, 0.25) is 0 Å². The van der Waals surface area contributed by atoms with E-state index in [2.05, 4.69) is 90.2 Å². The average Bonchev–Trinajstić information content (AvgIpc) is 2.92. The van der Waals surface area contributed by atoms with Crippen molar-refractivity contribution in [3.8, 4) is 0 Å². The molecule has 0 saturated heterocycles. The van der Waals surface area contributed by atoms with Crippen LogP contribution in [-0.4, -0.2) is 34.0 Å². The second kappa shape index (κ2) is 16.1. The van der Waals surface area contributed by atoms with E-state index < -0.39 is 12.2 Å². The third-order valence-electron chi connectivity index (χ3n) is 8.56. The highest BCUT2D eigenvalue weighted by molar-refractivity contribution is 6.01. The van der Waals surface area contributed by atoms with Gasteiger partial charge in [0, 0.05) is 0 Å². The van der Waals surface area contributed by atoms with E-state index in [1.54, 1.807) is 6.92 Å². The Labute approximate surface area is 266 Å². The van der Waals surface area contributed by atoms with E-state index in [0.717, 1.165) is 34.3 Å². The molecule has 4 heteroatoms. The lowest BCUT2D eigenvalue weighted by Gasteiger charge is -2.34. The van der Waals surface area contributed by atoms with Gasteiger partial charge in [-0.25, -0.2) is 0 Å². The van der Waals surface area contributed by atoms with E-state index in [4.69, 9.17) is 0 Å². The third-order valence-corrected chi connectivity index (χ3v) is 8.56. The van der Waals surface area contributed by atoms with Gasteiger partial charge in [-0.15, -0.1) is 0 Å². The van der Waals surface area contributed by atoms with Crippen molar-refractivity contribution < 1.29 is 19.8 Å². The molecule has 0 amide bonds. The minimum absolute atomic E-state index is 0.167. The highest BCUT2D eigenvalue weighted by atomic mass is 16.3. The van der Waals surface area contributed by atoms with Gasteiger partial charge in [0.25, 0.3) is 0 Å². The predicted octanol–water partition coefficient (Wildman–Crippen LogP) is 8.99. The van der Waals surface area contributed by atoms with Crippen LogP contribution in [-0.2, 0) is 9.59 Å².